The fourth-order valence-corrected chi connectivity index (χ4v) is 0.812. The normalized spacial score (nSPS) is 9.00. The van der Waals surface area contributed by atoms with Crippen molar-refractivity contribution in [1.82, 2.24) is 15.3 Å². The predicted molar refractivity (Wildman–Crippen MR) is 52.1 cm³/mol. The van der Waals surface area contributed by atoms with Crippen LogP contribution < -0.4 is 10.6 Å². The lowest BCUT2D eigenvalue weighted by molar-refractivity contribution is 0.255. The molecule has 0 radical (unpaired) electrons. The van der Waals surface area contributed by atoms with Gasteiger partial charge < -0.3 is 5.32 Å². The van der Waals surface area contributed by atoms with E-state index in [0.717, 1.165) is 4.47 Å². The molecule has 0 saturated carbocycles. The third kappa shape index (κ3) is 3.20. The third-order valence-electron chi connectivity index (χ3n) is 1.08. The largest absolute Gasteiger partial charge is 0.325 e. The number of anilines is 1. The number of hydrogen-bond acceptors (Lipinski definition) is 3. The number of carbonyl (C=O) groups is 1. The number of carbonyl (C=O) groups excluding carboxylic acids is 1. The highest BCUT2D eigenvalue weighted by molar-refractivity contribution is 9.10. The van der Waals surface area contributed by atoms with Crippen molar-refractivity contribution in [2.45, 2.75) is 0 Å². The second-order valence-corrected chi connectivity index (χ2v) is 2.94. The van der Waals surface area contributed by atoms with Gasteiger partial charge in [0.1, 0.15) is 0 Å². The Morgan fingerprint density at radius 1 is 1.54 bits per heavy atom. The fourth-order valence-electron chi connectivity index (χ4n) is 0.607. The molecule has 0 spiro atoms. The Hall–Kier alpha value is -1.43. The van der Waals surface area contributed by atoms with Gasteiger partial charge in [-0.3, -0.25) is 5.32 Å². The molecule has 5 nitrogen and oxygen atoms in total. The van der Waals surface area contributed by atoms with E-state index < -0.39 is 6.03 Å². The molecule has 0 unspecified atom stereocenters. The van der Waals surface area contributed by atoms with E-state index in [9.17, 15) is 4.79 Å². The Labute approximate surface area is 83.4 Å². The number of urea groups is 1. The Morgan fingerprint density at radius 3 is 2.69 bits per heavy atom. The van der Waals surface area contributed by atoms with Crippen molar-refractivity contribution in [3.8, 4) is 0 Å². The van der Waals surface area contributed by atoms with Crippen LogP contribution >= 0.6 is 15.9 Å². The average Bonchev–Trinajstić information content (AvgIpc) is 2.09. The lowest BCUT2D eigenvalue weighted by atomic mass is 10.7. The zero-order valence-electron chi connectivity index (χ0n) is 6.62. The van der Waals surface area contributed by atoms with Crippen LogP contribution in [0.25, 0.3) is 0 Å². The van der Waals surface area contributed by atoms with Gasteiger partial charge in [0.05, 0.1) is 4.47 Å². The van der Waals surface area contributed by atoms with Gasteiger partial charge in [-0.15, -0.1) is 0 Å². The molecule has 1 rings (SSSR count). The van der Waals surface area contributed by atoms with E-state index >= 15 is 0 Å². The topological polar surface area (TPSA) is 66.9 Å². The number of nitrogens with one attached hydrogen (secondary N) is 2. The smallest absolute Gasteiger partial charge is 0.315 e. The maximum Gasteiger partial charge on any atom is 0.325 e. The van der Waals surface area contributed by atoms with Crippen molar-refractivity contribution >= 4 is 27.9 Å². The van der Waals surface area contributed by atoms with Gasteiger partial charge in [-0.2, -0.15) is 0 Å². The number of rotatable bonds is 2. The first-order valence-corrected chi connectivity index (χ1v) is 4.17. The van der Waals surface area contributed by atoms with E-state index in [1.165, 1.54) is 18.6 Å². The molecule has 13 heavy (non-hydrogen) atoms. The van der Waals surface area contributed by atoms with Crippen LogP contribution in [0, 0.1) is 0 Å². The van der Waals surface area contributed by atoms with Crippen LogP contribution in [0.1, 0.15) is 0 Å². The average molecular weight is 243 g/mol. The molecule has 0 aliphatic rings. The summed E-state index contributed by atoms with van der Waals surface area (Å²) < 4.78 is 0.752. The van der Waals surface area contributed by atoms with E-state index in [-0.39, 0.29) is 5.95 Å². The highest BCUT2D eigenvalue weighted by atomic mass is 79.9. The van der Waals surface area contributed by atoms with Gasteiger partial charge in [0.15, 0.2) is 0 Å². The van der Waals surface area contributed by atoms with Gasteiger partial charge in [0, 0.05) is 12.4 Å². The van der Waals surface area contributed by atoms with Crippen LogP contribution in [0.2, 0.25) is 0 Å². The first kappa shape index (κ1) is 9.66. The van der Waals surface area contributed by atoms with E-state index in [4.69, 9.17) is 0 Å². The van der Waals surface area contributed by atoms with Gasteiger partial charge in [-0.1, -0.05) is 6.58 Å². The maximum atomic E-state index is 10.9. The molecule has 2 N–H and O–H groups in total. The lowest BCUT2D eigenvalue weighted by Gasteiger charge is -2.01. The summed E-state index contributed by atoms with van der Waals surface area (Å²) in [5, 5.41) is 4.74. The summed E-state index contributed by atoms with van der Waals surface area (Å²) in [6, 6.07) is -0.419. The molecule has 0 aliphatic carbocycles. The van der Waals surface area contributed by atoms with Crippen LogP contribution in [0.5, 0.6) is 0 Å². The molecule has 0 aliphatic heterocycles. The maximum absolute atomic E-state index is 10.9. The minimum Gasteiger partial charge on any atom is -0.315 e. The number of nitrogens with zero attached hydrogens (tertiary/aromatic N) is 2. The van der Waals surface area contributed by atoms with Crippen LogP contribution in [0.4, 0.5) is 10.7 Å². The highest BCUT2D eigenvalue weighted by Crippen LogP contribution is 2.06. The molecule has 2 amide bonds. The summed E-state index contributed by atoms with van der Waals surface area (Å²) in [5.41, 5.74) is 0. The standard InChI is InChI=1S/C7H7BrN4O/c1-2-9-7(13)12-6-10-3-5(8)4-11-6/h2-4H,1H2,(H2,9,10,11,12,13). The molecule has 68 valence electrons. The van der Waals surface area contributed by atoms with E-state index in [0.29, 0.717) is 0 Å². The molecule has 1 heterocycles. The number of amides is 2. The Kier molecular flexibility index (Phi) is 3.39. The quantitative estimate of drug-likeness (QED) is 0.827. The van der Waals surface area contributed by atoms with Crippen LogP contribution in [-0.4, -0.2) is 16.0 Å². The Balaban J connectivity index is 2.59. The zero-order chi connectivity index (χ0) is 9.68. The molecule has 1 aromatic rings. The summed E-state index contributed by atoms with van der Waals surface area (Å²) in [5.74, 6) is 0.238. The van der Waals surface area contributed by atoms with Crippen LogP contribution in [-0.2, 0) is 0 Å². The monoisotopic (exact) mass is 242 g/mol. The first-order valence-electron chi connectivity index (χ1n) is 3.38. The second-order valence-electron chi connectivity index (χ2n) is 2.03. The molecule has 1 aromatic heterocycles. The summed E-state index contributed by atoms with van der Waals surface area (Å²) in [6.45, 7) is 3.34. The van der Waals surface area contributed by atoms with Crippen LogP contribution in [0.15, 0.2) is 29.6 Å². The third-order valence-corrected chi connectivity index (χ3v) is 1.49. The van der Waals surface area contributed by atoms with Gasteiger partial charge in [0.25, 0.3) is 0 Å². The molecule has 0 aromatic carbocycles. The molecule has 0 atom stereocenters. The van der Waals surface area contributed by atoms with Gasteiger partial charge in [-0.05, 0) is 22.1 Å². The minimum absolute atomic E-state index is 0.238. The summed E-state index contributed by atoms with van der Waals surface area (Å²) in [7, 11) is 0. The van der Waals surface area contributed by atoms with Crippen molar-refractivity contribution in [3.05, 3.63) is 29.6 Å². The minimum atomic E-state index is -0.419. The first-order chi connectivity index (χ1) is 6.22. The fraction of sp³-hybridized carbons (Fsp3) is 0. The van der Waals surface area contributed by atoms with Gasteiger partial charge in [-0.25, -0.2) is 14.8 Å². The Morgan fingerprint density at radius 2 is 2.15 bits per heavy atom. The van der Waals surface area contributed by atoms with E-state index in [1.807, 2.05) is 0 Å². The SMILES string of the molecule is C=CNC(=O)Nc1ncc(Br)cn1. The highest BCUT2D eigenvalue weighted by Gasteiger charge is 2.00. The summed E-state index contributed by atoms with van der Waals surface area (Å²) >= 11 is 3.17. The molecule has 0 bridgehead atoms. The molecular formula is C7H7BrN4O. The lowest BCUT2D eigenvalue weighted by Crippen LogP contribution is -2.24. The molecule has 0 fully saturated rings. The van der Waals surface area contributed by atoms with Crippen molar-refractivity contribution in [2.75, 3.05) is 5.32 Å². The van der Waals surface area contributed by atoms with Crippen molar-refractivity contribution in [1.29, 1.82) is 0 Å². The number of halogens is 1. The summed E-state index contributed by atoms with van der Waals surface area (Å²) in [4.78, 5) is 18.6. The van der Waals surface area contributed by atoms with Crippen molar-refractivity contribution in [3.63, 3.8) is 0 Å². The van der Waals surface area contributed by atoms with E-state index in [2.05, 4.69) is 43.1 Å². The Bertz CT molecular complexity index is 311. The molecular weight excluding hydrogens is 236 g/mol. The zero-order valence-corrected chi connectivity index (χ0v) is 8.21. The number of hydrogen-bond donors (Lipinski definition) is 2. The van der Waals surface area contributed by atoms with Gasteiger partial charge in [0.2, 0.25) is 5.95 Å². The summed E-state index contributed by atoms with van der Waals surface area (Å²) in [6.07, 6.45) is 4.35. The van der Waals surface area contributed by atoms with E-state index in [1.54, 1.807) is 0 Å². The number of aromatic nitrogens is 2. The van der Waals surface area contributed by atoms with Gasteiger partial charge >= 0.3 is 6.03 Å². The molecule has 0 saturated heterocycles. The molecule has 6 heteroatoms. The second kappa shape index (κ2) is 4.56. The predicted octanol–water partition coefficient (Wildman–Crippen LogP) is 1.50. The van der Waals surface area contributed by atoms with Crippen LogP contribution in [0.3, 0.4) is 0 Å². The van der Waals surface area contributed by atoms with Crippen molar-refractivity contribution < 1.29 is 4.79 Å². The van der Waals surface area contributed by atoms with Crippen molar-refractivity contribution in [2.24, 2.45) is 0 Å².